The summed E-state index contributed by atoms with van der Waals surface area (Å²) < 4.78 is 44.5. The lowest BCUT2D eigenvalue weighted by Gasteiger charge is -2.19. The molecule has 0 bridgehead atoms. The van der Waals surface area contributed by atoms with Gasteiger partial charge >= 0.3 is 0 Å². The average molecular weight is 396 g/mol. The Balaban J connectivity index is 1.75. The van der Waals surface area contributed by atoms with Crippen LogP contribution in [0.1, 0.15) is 0 Å². The highest BCUT2D eigenvalue weighted by molar-refractivity contribution is 7.86. The zero-order valence-corrected chi connectivity index (χ0v) is 14.9. The number of ether oxygens (including phenoxy) is 2. The summed E-state index contributed by atoms with van der Waals surface area (Å²) in [5.41, 5.74) is 12.7. The van der Waals surface area contributed by atoms with E-state index in [1.807, 2.05) is 0 Å². The first-order chi connectivity index (χ1) is 13.3. The predicted octanol–water partition coefficient (Wildman–Crippen LogP) is 2.21. The maximum Gasteiger partial charge on any atom is 0.296 e. The molecular weight excluding hydrogens is 384 g/mol. The smallest absolute Gasteiger partial charge is 0.296 e. The van der Waals surface area contributed by atoms with Crippen LogP contribution in [0.25, 0.3) is 0 Å². The molecule has 0 saturated carbocycles. The molecule has 2 aliphatic rings. The molecule has 0 atom stereocenters. The Bertz CT molecular complexity index is 1420. The van der Waals surface area contributed by atoms with Gasteiger partial charge in [-0.05, 0) is 18.2 Å². The molecule has 0 unspecified atom stereocenters. The van der Waals surface area contributed by atoms with Crippen LogP contribution in [0.3, 0.4) is 0 Å². The van der Waals surface area contributed by atoms with Crippen molar-refractivity contribution in [1.29, 1.82) is 0 Å². The molecule has 2 heterocycles. The molecular formula is C18H12N4O5S. The van der Waals surface area contributed by atoms with E-state index in [4.69, 9.17) is 20.9 Å². The molecule has 5 N–H and O–H groups in total. The van der Waals surface area contributed by atoms with Crippen LogP contribution in [0.15, 0.2) is 57.3 Å². The third-order valence-corrected chi connectivity index (χ3v) is 5.14. The van der Waals surface area contributed by atoms with Crippen LogP contribution in [-0.4, -0.2) is 13.0 Å². The maximum absolute atomic E-state index is 11.7. The van der Waals surface area contributed by atoms with Gasteiger partial charge in [0, 0.05) is 35.6 Å². The molecule has 3 aromatic rings. The van der Waals surface area contributed by atoms with Crippen molar-refractivity contribution in [3.8, 4) is 23.0 Å². The Morgan fingerprint density at radius 3 is 2.14 bits per heavy atom. The summed E-state index contributed by atoms with van der Waals surface area (Å²) in [5, 5.41) is 0.844. The first kappa shape index (κ1) is 16.5. The summed E-state index contributed by atoms with van der Waals surface area (Å²) in [6, 6.07) is 10.9. The third kappa shape index (κ3) is 2.54. The second-order valence-electron chi connectivity index (χ2n) is 6.28. The molecule has 0 radical (unpaired) electrons. The lowest BCUT2D eigenvalue weighted by molar-refractivity contribution is 0.448. The highest BCUT2D eigenvalue weighted by atomic mass is 32.2. The largest absolute Gasteiger partial charge is 0.453 e. The molecule has 0 saturated heterocycles. The second-order valence-corrected chi connectivity index (χ2v) is 7.67. The van der Waals surface area contributed by atoms with Gasteiger partial charge in [-0.3, -0.25) is 4.55 Å². The quantitative estimate of drug-likeness (QED) is 0.290. The van der Waals surface area contributed by atoms with Gasteiger partial charge in [0.15, 0.2) is 23.0 Å². The van der Waals surface area contributed by atoms with Gasteiger partial charge < -0.3 is 20.9 Å². The number of fused-ring (bicyclic) bond motifs is 4. The minimum absolute atomic E-state index is 0.0402. The Morgan fingerprint density at radius 1 is 0.786 bits per heavy atom. The Hall–Kier alpha value is -3.63. The van der Waals surface area contributed by atoms with E-state index in [1.54, 1.807) is 30.3 Å². The van der Waals surface area contributed by atoms with Crippen LogP contribution < -0.4 is 31.7 Å². The monoisotopic (exact) mass is 396 g/mol. The number of nitrogen functional groups attached to an aromatic ring is 2. The fraction of sp³-hybridized carbons (Fsp3) is 0. The standard InChI is InChI=1S/C18H12N4O5S/c19-8-1-2-10-13(3-8)26-14-7-12-15(6-11(14)21-10)27-16-4-9(20)5-17(18(16)22-12)28(23,24)25/h1-7H,19-20H2,(H,23,24,25). The molecule has 0 fully saturated rings. The van der Waals surface area contributed by atoms with E-state index in [0.29, 0.717) is 39.3 Å². The van der Waals surface area contributed by atoms with Gasteiger partial charge in [0.25, 0.3) is 10.1 Å². The minimum atomic E-state index is -4.55. The van der Waals surface area contributed by atoms with Crippen molar-refractivity contribution in [2.45, 2.75) is 4.90 Å². The highest BCUT2D eigenvalue weighted by Gasteiger charge is 2.25. The molecule has 140 valence electrons. The summed E-state index contributed by atoms with van der Waals surface area (Å²) in [7, 11) is -4.55. The number of benzene rings is 3. The first-order valence-corrected chi connectivity index (χ1v) is 9.50. The van der Waals surface area contributed by atoms with Crippen LogP contribution in [0.2, 0.25) is 0 Å². The van der Waals surface area contributed by atoms with Gasteiger partial charge in [-0.2, -0.15) is 8.42 Å². The number of hydrogen-bond acceptors (Lipinski definition) is 8. The fourth-order valence-electron chi connectivity index (χ4n) is 3.06. The zero-order chi connectivity index (χ0) is 19.6. The third-order valence-electron chi connectivity index (χ3n) is 4.28. The van der Waals surface area contributed by atoms with E-state index in [2.05, 4.69) is 9.98 Å². The fourth-order valence-corrected chi connectivity index (χ4v) is 3.73. The SMILES string of the molecule is Nc1ccc2c(c1)Oc1cc3c(cc1=N2)Oc1cc(N)cc(S(=O)(=O)O)c1N=3. The van der Waals surface area contributed by atoms with Crippen LogP contribution in [0, 0.1) is 0 Å². The lowest BCUT2D eigenvalue weighted by Crippen LogP contribution is -2.19. The van der Waals surface area contributed by atoms with Crippen LogP contribution >= 0.6 is 0 Å². The molecule has 0 spiro atoms. The maximum atomic E-state index is 11.7. The number of rotatable bonds is 1. The van der Waals surface area contributed by atoms with Crippen molar-refractivity contribution in [3.63, 3.8) is 0 Å². The van der Waals surface area contributed by atoms with Crippen molar-refractivity contribution >= 4 is 32.9 Å². The van der Waals surface area contributed by atoms with Gasteiger partial charge in [-0.15, -0.1) is 0 Å². The summed E-state index contributed by atoms with van der Waals surface area (Å²) in [5.74, 6) is 1.38. The van der Waals surface area contributed by atoms with Crippen LogP contribution in [-0.2, 0) is 10.1 Å². The van der Waals surface area contributed by atoms with E-state index in [-0.39, 0.29) is 17.1 Å². The van der Waals surface area contributed by atoms with E-state index in [0.717, 1.165) is 6.07 Å². The van der Waals surface area contributed by atoms with E-state index < -0.39 is 15.0 Å². The van der Waals surface area contributed by atoms with E-state index >= 15 is 0 Å². The lowest BCUT2D eigenvalue weighted by atomic mass is 10.2. The van der Waals surface area contributed by atoms with Crippen LogP contribution in [0.4, 0.5) is 22.7 Å². The minimum Gasteiger partial charge on any atom is -0.453 e. The molecule has 28 heavy (non-hydrogen) atoms. The Kier molecular flexibility index (Phi) is 3.21. The average Bonchev–Trinajstić information content (AvgIpc) is 2.62. The van der Waals surface area contributed by atoms with Gasteiger partial charge in [0.2, 0.25) is 0 Å². The predicted molar refractivity (Wildman–Crippen MR) is 99.7 cm³/mol. The number of hydrogen-bond donors (Lipinski definition) is 3. The van der Waals surface area contributed by atoms with Gasteiger partial charge in [-0.1, -0.05) is 0 Å². The molecule has 0 amide bonds. The van der Waals surface area contributed by atoms with Crippen molar-refractivity contribution in [2.75, 3.05) is 11.5 Å². The molecule has 0 aromatic heterocycles. The summed E-state index contributed by atoms with van der Waals surface area (Å²) in [6.07, 6.45) is 0. The van der Waals surface area contributed by atoms with Crippen LogP contribution in [0.5, 0.6) is 23.0 Å². The second kappa shape index (κ2) is 5.44. The highest BCUT2D eigenvalue weighted by Crippen LogP contribution is 2.41. The van der Waals surface area contributed by atoms with E-state index in [9.17, 15) is 13.0 Å². The summed E-state index contributed by atoms with van der Waals surface area (Å²) in [6.45, 7) is 0. The normalized spacial score (nSPS) is 13.5. The summed E-state index contributed by atoms with van der Waals surface area (Å²) in [4.78, 5) is 8.42. The summed E-state index contributed by atoms with van der Waals surface area (Å²) >= 11 is 0. The van der Waals surface area contributed by atoms with Crippen molar-refractivity contribution in [3.05, 3.63) is 53.2 Å². The molecule has 2 aliphatic heterocycles. The topological polar surface area (TPSA) is 150 Å². The molecule has 10 heteroatoms. The number of anilines is 2. The van der Waals surface area contributed by atoms with Gasteiger partial charge in [0.05, 0.1) is 0 Å². The Morgan fingerprint density at radius 2 is 1.43 bits per heavy atom. The molecule has 5 rings (SSSR count). The zero-order valence-electron chi connectivity index (χ0n) is 14.1. The molecule has 9 nitrogen and oxygen atoms in total. The molecule has 0 aliphatic carbocycles. The van der Waals surface area contributed by atoms with Gasteiger partial charge in [0.1, 0.15) is 27.0 Å². The van der Waals surface area contributed by atoms with Gasteiger partial charge in [-0.25, -0.2) is 9.98 Å². The van der Waals surface area contributed by atoms with E-state index in [1.165, 1.54) is 6.07 Å². The Labute approximate surface area is 158 Å². The number of nitrogens with zero attached hydrogens (tertiary/aromatic N) is 2. The molecule has 3 aromatic carbocycles. The van der Waals surface area contributed by atoms with Crippen molar-refractivity contribution in [2.24, 2.45) is 9.98 Å². The first-order valence-electron chi connectivity index (χ1n) is 8.06. The van der Waals surface area contributed by atoms with Crippen molar-refractivity contribution < 1.29 is 22.4 Å². The van der Waals surface area contributed by atoms with Crippen molar-refractivity contribution in [1.82, 2.24) is 0 Å². The number of nitrogens with two attached hydrogens (primary N) is 2.